The van der Waals surface area contributed by atoms with Gasteiger partial charge in [-0.05, 0) is 42.2 Å². The molecular formula is C24H28N2O2. The van der Waals surface area contributed by atoms with Crippen LogP contribution in [0, 0.1) is 6.92 Å². The molecule has 0 saturated heterocycles. The molecule has 0 saturated carbocycles. The van der Waals surface area contributed by atoms with Gasteiger partial charge in [0.25, 0.3) is 5.91 Å². The van der Waals surface area contributed by atoms with Crippen LogP contribution in [0.15, 0.2) is 71.1 Å². The van der Waals surface area contributed by atoms with Gasteiger partial charge in [-0.25, -0.2) is 0 Å². The molecule has 0 unspecified atom stereocenters. The van der Waals surface area contributed by atoms with Crippen LogP contribution in [0.3, 0.4) is 0 Å². The molecule has 1 heterocycles. The number of hydrogen-bond acceptors (Lipinski definition) is 3. The van der Waals surface area contributed by atoms with Crippen molar-refractivity contribution in [3.05, 3.63) is 94.9 Å². The Morgan fingerprint density at radius 3 is 2.43 bits per heavy atom. The van der Waals surface area contributed by atoms with Gasteiger partial charge >= 0.3 is 0 Å². The van der Waals surface area contributed by atoms with Crippen LogP contribution in [0.2, 0.25) is 0 Å². The predicted octanol–water partition coefficient (Wildman–Crippen LogP) is 4.93. The summed E-state index contributed by atoms with van der Waals surface area (Å²) in [5.41, 5.74) is 3.83. The number of furan rings is 1. The summed E-state index contributed by atoms with van der Waals surface area (Å²) in [6, 6.07) is 22.5. The normalized spacial score (nSPS) is 11.0. The molecule has 4 heteroatoms. The first-order chi connectivity index (χ1) is 13.7. The van der Waals surface area contributed by atoms with Crippen molar-refractivity contribution < 1.29 is 9.21 Å². The van der Waals surface area contributed by atoms with Gasteiger partial charge in [0.2, 0.25) is 0 Å². The highest BCUT2D eigenvalue weighted by Crippen LogP contribution is 2.18. The van der Waals surface area contributed by atoms with Crippen molar-refractivity contribution in [3.63, 3.8) is 0 Å². The lowest BCUT2D eigenvalue weighted by atomic mass is 10.1. The summed E-state index contributed by atoms with van der Waals surface area (Å²) in [5.74, 6) is 1.02. The van der Waals surface area contributed by atoms with Crippen molar-refractivity contribution in [2.24, 2.45) is 0 Å². The van der Waals surface area contributed by atoms with Gasteiger partial charge < -0.3 is 9.73 Å². The summed E-state index contributed by atoms with van der Waals surface area (Å²) in [4.78, 5) is 14.4. The lowest BCUT2D eigenvalue weighted by Gasteiger charge is -2.22. The molecule has 146 valence electrons. The van der Waals surface area contributed by atoms with Crippen LogP contribution in [0.25, 0.3) is 0 Å². The summed E-state index contributed by atoms with van der Waals surface area (Å²) < 4.78 is 5.82. The molecule has 0 aliphatic rings. The molecule has 3 aromatic rings. The van der Waals surface area contributed by atoms with E-state index >= 15 is 0 Å². The van der Waals surface area contributed by atoms with Gasteiger partial charge in [-0.1, -0.05) is 61.5 Å². The lowest BCUT2D eigenvalue weighted by Crippen LogP contribution is -2.24. The van der Waals surface area contributed by atoms with E-state index in [1.807, 2.05) is 19.1 Å². The van der Waals surface area contributed by atoms with E-state index in [0.29, 0.717) is 18.8 Å². The Morgan fingerprint density at radius 2 is 1.68 bits per heavy atom. The summed E-state index contributed by atoms with van der Waals surface area (Å²) in [7, 11) is 0. The summed E-state index contributed by atoms with van der Waals surface area (Å²) in [6.07, 6.45) is 0.903. The first-order valence-corrected chi connectivity index (χ1v) is 9.83. The second-order valence-electron chi connectivity index (χ2n) is 7.08. The van der Waals surface area contributed by atoms with Crippen molar-refractivity contribution in [2.75, 3.05) is 6.54 Å². The van der Waals surface area contributed by atoms with E-state index in [4.69, 9.17) is 4.42 Å². The van der Waals surface area contributed by atoms with Crippen molar-refractivity contribution in [3.8, 4) is 0 Å². The van der Waals surface area contributed by atoms with Crippen LogP contribution in [0.5, 0.6) is 0 Å². The lowest BCUT2D eigenvalue weighted by molar-refractivity contribution is 0.0921. The zero-order valence-electron chi connectivity index (χ0n) is 16.7. The van der Waals surface area contributed by atoms with Gasteiger partial charge in [-0.15, -0.1) is 0 Å². The first-order valence-electron chi connectivity index (χ1n) is 9.83. The summed E-state index contributed by atoms with van der Waals surface area (Å²) in [5, 5.41) is 2.86. The maximum Gasteiger partial charge on any atom is 0.286 e. The maximum absolute atomic E-state index is 12.1. The molecule has 0 aliphatic carbocycles. The van der Waals surface area contributed by atoms with E-state index in [9.17, 15) is 4.79 Å². The SMILES string of the molecule is CCCNC(=O)c1ccc(CN(Cc2ccccc2)Cc2ccccc2C)o1. The quantitative estimate of drug-likeness (QED) is 0.576. The van der Waals surface area contributed by atoms with Crippen LogP contribution in [0.4, 0.5) is 0 Å². The molecule has 0 atom stereocenters. The minimum Gasteiger partial charge on any atom is -0.455 e. The fraction of sp³-hybridized carbons (Fsp3) is 0.292. The van der Waals surface area contributed by atoms with E-state index in [0.717, 1.165) is 25.3 Å². The highest BCUT2D eigenvalue weighted by molar-refractivity contribution is 5.91. The number of carbonyl (C=O) groups excluding carboxylic acids is 1. The van der Waals surface area contributed by atoms with E-state index in [-0.39, 0.29) is 5.91 Å². The maximum atomic E-state index is 12.1. The van der Waals surface area contributed by atoms with Crippen molar-refractivity contribution in [1.82, 2.24) is 10.2 Å². The summed E-state index contributed by atoms with van der Waals surface area (Å²) in [6.45, 7) is 7.10. The number of carbonyl (C=O) groups is 1. The predicted molar refractivity (Wildman–Crippen MR) is 112 cm³/mol. The van der Waals surface area contributed by atoms with Gasteiger partial charge in [0, 0.05) is 19.6 Å². The number of hydrogen-bond donors (Lipinski definition) is 1. The molecule has 2 aromatic carbocycles. The third kappa shape index (κ3) is 5.57. The van der Waals surface area contributed by atoms with Crippen molar-refractivity contribution in [2.45, 2.75) is 39.9 Å². The zero-order chi connectivity index (χ0) is 19.8. The average Bonchev–Trinajstić information content (AvgIpc) is 3.17. The monoisotopic (exact) mass is 376 g/mol. The Bertz CT molecular complexity index is 886. The number of aryl methyl sites for hydroxylation is 1. The van der Waals surface area contributed by atoms with Crippen LogP contribution in [-0.2, 0) is 19.6 Å². The van der Waals surface area contributed by atoms with Gasteiger partial charge in [0.1, 0.15) is 5.76 Å². The number of nitrogens with one attached hydrogen (secondary N) is 1. The Labute approximate surface area is 167 Å². The van der Waals surface area contributed by atoms with E-state index < -0.39 is 0 Å². The fourth-order valence-electron chi connectivity index (χ4n) is 3.17. The van der Waals surface area contributed by atoms with Gasteiger partial charge in [0.15, 0.2) is 5.76 Å². The molecule has 0 spiro atoms. The van der Waals surface area contributed by atoms with E-state index in [1.54, 1.807) is 6.07 Å². The first kappa shape index (κ1) is 19.9. The van der Waals surface area contributed by atoms with Gasteiger partial charge in [-0.3, -0.25) is 9.69 Å². The largest absolute Gasteiger partial charge is 0.455 e. The van der Waals surface area contributed by atoms with Crippen molar-refractivity contribution >= 4 is 5.91 Å². The molecule has 1 amide bonds. The second kappa shape index (κ2) is 9.90. The van der Waals surface area contributed by atoms with Crippen LogP contribution in [-0.4, -0.2) is 17.4 Å². The standard InChI is InChI=1S/C24H28N2O2/c1-3-15-25-24(27)23-14-13-22(28-23)18-26(16-20-10-5-4-6-11-20)17-21-12-8-7-9-19(21)2/h4-14H,3,15-18H2,1-2H3,(H,25,27). The Morgan fingerprint density at radius 1 is 0.929 bits per heavy atom. The average molecular weight is 377 g/mol. The fourth-order valence-corrected chi connectivity index (χ4v) is 3.17. The highest BCUT2D eigenvalue weighted by atomic mass is 16.4. The van der Waals surface area contributed by atoms with Gasteiger partial charge in [-0.2, -0.15) is 0 Å². The summed E-state index contributed by atoms with van der Waals surface area (Å²) >= 11 is 0. The molecule has 0 radical (unpaired) electrons. The number of nitrogens with zero attached hydrogens (tertiary/aromatic N) is 1. The Hall–Kier alpha value is -2.85. The molecular weight excluding hydrogens is 348 g/mol. The van der Waals surface area contributed by atoms with Crippen LogP contribution >= 0.6 is 0 Å². The number of benzene rings is 2. The molecule has 0 aliphatic heterocycles. The third-order valence-electron chi connectivity index (χ3n) is 4.70. The number of rotatable bonds is 9. The Kier molecular flexibility index (Phi) is 7.04. The number of amides is 1. The van der Waals surface area contributed by atoms with E-state index in [2.05, 4.69) is 65.7 Å². The molecule has 28 heavy (non-hydrogen) atoms. The molecule has 0 bridgehead atoms. The molecule has 1 aromatic heterocycles. The minimum atomic E-state index is -0.151. The van der Waals surface area contributed by atoms with Crippen LogP contribution in [0.1, 0.15) is 46.3 Å². The zero-order valence-corrected chi connectivity index (χ0v) is 16.7. The third-order valence-corrected chi connectivity index (χ3v) is 4.70. The van der Waals surface area contributed by atoms with Crippen LogP contribution < -0.4 is 5.32 Å². The molecule has 0 fully saturated rings. The smallest absolute Gasteiger partial charge is 0.286 e. The topological polar surface area (TPSA) is 45.5 Å². The Balaban J connectivity index is 1.74. The molecule has 1 N–H and O–H groups in total. The van der Waals surface area contributed by atoms with Gasteiger partial charge in [0.05, 0.1) is 6.54 Å². The molecule has 3 rings (SSSR count). The highest BCUT2D eigenvalue weighted by Gasteiger charge is 2.15. The minimum absolute atomic E-state index is 0.151. The second-order valence-corrected chi connectivity index (χ2v) is 7.08. The van der Waals surface area contributed by atoms with E-state index in [1.165, 1.54) is 16.7 Å². The van der Waals surface area contributed by atoms with Crippen molar-refractivity contribution in [1.29, 1.82) is 0 Å². The molecule has 4 nitrogen and oxygen atoms in total.